The third-order valence-electron chi connectivity index (χ3n) is 6.75. The lowest BCUT2D eigenvalue weighted by Crippen LogP contribution is -2.48. The lowest BCUT2D eigenvalue weighted by atomic mass is 10.1. The maximum absolute atomic E-state index is 13.0. The summed E-state index contributed by atoms with van der Waals surface area (Å²) in [5.41, 5.74) is 4.15. The predicted octanol–water partition coefficient (Wildman–Crippen LogP) is 4.56. The summed E-state index contributed by atoms with van der Waals surface area (Å²) in [6, 6.07) is 16.8. The zero-order valence-corrected chi connectivity index (χ0v) is 21.3. The molecule has 38 heavy (non-hydrogen) atoms. The summed E-state index contributed by atoms with van der Waals surface area (Å²) >= 11 is 0. The average Bonchev–Trinajstić information content (AvgIpc) is 3.26. The van der Waals surface area contributed by atoms with E-state index in [0.717, 1.165) is 41.1 Å². The number of carbonyl (C=O) groups excluding carboxylic acids is 1. The van der Waals surface area contributed by atoms with E-state index in [-0.39, 0.29) is 18.3 Å². The number of fused-ring (bicyclic) bond motifs is 1. The maximum Gasteiger partial charge on any atom is 0.387 e. The second kappa shape index (κ2) is 11.1. The predicted molar refractivity (Wildman–Crippen MR) is 140 cm³/mol. The first-order valence-corrected chi connectivity index (χ1v) is 12.4. The molecule has 8 nitrogen and oxygen atoms in total. The number of para-hydroxylation sites is 1. The fraction of sp³-hybridized carbons (Fsp3) is 0.321. The number of aromatic nitrogens is 3. The Morgan fingerprint density at radius 1 is 1.03 bits per heavy atom. The van der Waals surface area contributed by atoms with Gasteiger partial charge in [0, 0.05) is 57.5 Å². The number of pyridine rings is 1. The molecule has 0 atom stereocenters. The number of halogens is 2. The van der Waals surface area contributed by atoms with Crippen LogP contribution in [0.5, 0.6) is 5.75 Å². The zero-order chi connectivity index (χ0) is 26.6. The van der Waals surface area contributed by atoms with Gasteiger partial charge in [0.05, 0.1) is 17.6 Å². The molecule has 1 saturated heterocycles. The summed E-state index contributed by atoms with van der Waals surface area (Å²) in [6.07, 6.45) is 1.84. The number of amides is 1. The number of ether oxygens (including phenoxy) is 2. The molecule has 1 amide bonds. The van der Waals surface area contributed by atoms with E-state index in [1.165, 1.54) is 6.07 Å². The second-order valence-electron chi connectivity index (χ2n) is 9.14. The molecule has 0 bridgehead atoms. The highest BCUT2D eigenvalue weighted by molar-refractivity contribution is 5.83. The third-order valence-corrected chi connectivity index (χ3v) is 6.75. The number of rotatable bonds is 8. The SMILES string of the molecule is COCc1nc2ccc(-c3ccc(N4CCN(C(C)=O)CC4)nc3)cc2n1Cc1ccccc1OC(F)F. The minimum absolute atomic E-state index is 0.0984. The molecule has 3 heterocycles. The van der Waals surface area contributed by atoms with Gasteiger partial charge in [-0.1, -0.05) is 24.3 Å². The van der Waals surface area contributed by atoms with Crippen LogP contribution in [-0.2, 0) is 22.7 Å². The topological polar surface area (TPSA) is 72.7 Å². The summed E-state index contributed by atoms with van der Waals surface area (Å²) in [5.74, 6) is 1.79. The molecule has 10 heteroatoms. The number of carbonyl (C=O) groups is 1. The monoisotopic (exact) mass is 521 g/mol. The Bertz CT molecular complexity index is 1420. The van der Waals surface area contributed by atoms with Gasteiger partial charge in [0.1, 0.15) is 24.0 Å². The van der Waals surface area contributed by atoms with E-state index in [4.69, 9.17) is 14.5 Å². The van der Waals surface area contributed by atoms with Crippen molar-refractivity contribution in [2.24, 2.45) is 0 Å². The highest BCUT2D eigenvalue weighted by Crippen LogP contribution is 2.29. The Morgan fingerprint density at radius 3 is 2.47 bits per heavy atom. The molecular formula is C28H29F2N5O3. The molecule has 4 aromatic rings. The van der Waals surface area contributed by atoms with E-state index in [0.29, 0.717) is 31.0 Å². The highest BCUT2D eigenvalue weighted by atomic mass is 19.3. The van der Waals surface area contributed by atoms with E-state index < -0.39 is 6.61 Å². The molecular weight excluding hydrogens is 492 g/mol. The number of methoxy groups -OCH3 is 1. The Balaban J connectivity index is 1.43. The van der Waals surface area contributed by atoms with Crippen molar-refractivity contribution >= 4 is 22.8 Å². The van der Waals surface area contributed by atoms with Gasteiger partial charge in [0.2, 0.25) is 5.91 Å². The second-order valence-corrected chi connectivity index (χ2v) is 9.14. The Morgan fingerprint density at radius 2 is 1.79 bits per heavy atom. The van der Waals surface area contributed by atoms with Gasteiger partial charge in [-0.05, 0) is 35.9 Å². The van der Waals surface area contributed by atoms with Gasteiger partial charge >= 0.3 is 6.61 Å². The van der Waals surface area contributed by atoms with Crippen LogP contribution in [0, 0.1) is 0 Å². The summed E-state index contributed by atoms with van der Waals surface area (Å²) in [5, 5.41) is 0. The summed E-state index contributed by atoms with van der Waals surface area (Å²) in [4.78, 5) is 25.0. The average molecular weight is 522 g/mol. The molecule has 0 N–H and O–H groups in total. The van der Waals surface area contributed by atoms with Crippen LogP contribution in [0.15, 0.2) is 60.8 Å². The number of anilines is 1. The number of hydrogen-bond acceptors (Lipinski definition) is 6. The van der Waals surface area contributed by atoms with Crippen molar-refractivity contribution in [3.8, 4) is 16.9 Å². The Hall–Kier alpha value is -4.05. The van der Waals surface area contributed by atoms with Crippen LogP contribution in [-0.4, -0.2) is 65.2 Å². The van der Waals surface area contributed by atoms with Gasteiger partial charge in [-0.15, -0.1) is 0 Å². The molecule has 0 saturated carbocycles. The quantitative estimate of drug-likeness (QED) is 0.339. The van der Waals surface area contributed by atoms with E-state index >= 15 is 0 Å². The summed E-state index contributed by atoms with van der Waals surface area (Å²) in [7, 11) is 1.59. The van der Waals surface area contributed by atoms with E-state index in [2.05, 4.69) is 9.88 Å². The van der Waals surface area contributed by atoms with Gasteiger partial charge in [0.25, 0.3) is 0 Å². The van der Waals surface area contributed by atoms with E-state index in [1.54, 1.807) is 32.2 Å². The van der Waals surface area contributed by atoms with Crippen molar-refractivity contribution in [2.75, 3.05) is 38.2 Å². The minimum atomic E-state index is -2.91. The van der Waals surface area contributed by atoms with Crippen molar-refractivity contribution < 1.29 is 23.0 Å². The van der Waals surface area contributed by atoms with Gasteiger partial charge in [0.15, 0.2) is 0 Å². The molecule has 0 spiro atoms. The van der Waals surface area contributed by atoms with E-state index in [9.17, 15) is 13.6 Å². The van der Waals surface area contributed by atoms with Crippen molar-refractivity contribution in [1.82, 2.24) is 19.4 Å². The molecule has 198 valence electrons. The molecule has 2 aromatic heterocycles. The summed E-state index contributed by atoms with van der Waals surface area (Å²) in [6.45, 7) is 2.13. The minimum Gasteiger partial charge on any atom is -0.434 e. The number of hydrogen-bond donors (Lipinski definition) is 0. The normalized spacial score (nSPS) is 13.9. The standard InChI is InChI=1S/C28H29F2N5O3/c1-19(36)33-11-13-34(14-12-33)26-10-8-21(16-31-26)20-7-9-23-24(15-20)35(27(32-23)18-37-2)17-22-5-3-4-6-25(22)38-28(29)30/h3-10,15-16,28H,11-14,17-18H2,1-2H3. The van der Waals surface area contributed by atoms with Crippen molar-refractivity contribution in [3.05, 3.63) is 72.2 Å². The molecule has 0 aliphatic carbocycles. The first kappa shape index (κ1) is 25.6. The van der Waals surface area contributed by atoms with Crippen LogP contribution in [0.3, 0.4) is 0 Å². The van der Waals surface area contributed by atoms with Crippen LogP contribution in [0.25, 0.3) is 22.2 Å². The van der Waals surface area contributed by atoms with Gasteiger partial charge < -0.3 is 23.8 Å². The first-order chi connectivity index (χ1) is 18.4. The van der Waals surface area contributed by atoms with Crippen LogP contribution >= 0.6 is 0 Å². The van der Waals surface area contributed by atoms with E-state index in [1.807, 2.05) is 46.0 Å². The van der Waals surface area contributed by atoms with Gasteiger partial charge in [-0.25, -0.2) is 9.97 Å². The molecule has 1 fully saturated rings. The van der Waals surface area contributed by atoms with Crippen LogP contribution < -0.4 is 9.64 Å². The smallest absolute Gasteiger partial charge is 0.387 e. The number of alkyl halides is 2. The van der Waals surface area contributed by atoms with Crippen molar-refractivity contribution in [2.45, 2.75) is 26.7 Å². The number of nitrogens with zero attached hydrogens (tertiary/aromatic N) is 5. The molecule has 2 aromatic carbocycles. The number of imidazole rings is 1. The van der Waals surface area contributed by atoms with Gasteiger partial charge in [-0.3, -0.25) is 4.79 Å². The molecule has 0 unspecified atom stereocenters. The van der Waals surface area contributed by atoms with Crippen LogP contribution in [0.4, 0.5) is 14.6 Å². The molecule has 5 rings (SSSR count). The van der Waals surface area contributed by atoms with Crippen LogP contribution in [0.2, 0.25) is 0 Å². The lowest BCUT2D eigenvalue weighted by Gasteiger charge is -2.34. The third kappa shape index (κ3) is 5.45. The molecule has 0 radical (unpaired) electrons. The number of benzene rings is 2. The Labute approximate surface area is 219 Å². The molecule has 1 aliphatic rings. The zero-order valence-electron chi connectivity index (χ0n) is 21.3. The van der Waals surface area contributed by atoms with Crippen molar-refractivity contribution in [3.63, 3.8) is 0 Å². The van der Waals surface area contributed by atoms with Crippen LogP contribution in [0.1, 0.15) is 18.3 Å². The molecule has 1 aliphatic heterocycles. The van der Waals surface area contributed by atoms with Crippen molar-refractivity contribution in [1.29, 1.82) is 0 Å². The summed E-state index contributed by atoms with van der Waals surface area (Å²) < 4.78 is 38.0. The fourth-order valence-corrected chi connectivity index (χ4v) is 4.78. The Kier molecular flexibility index (Phi) is 7.50. The van der Waals surface area contributed by atoms with Gasteiger partial charge in [-0.2, -0.15) is 8.78 Å². The largest absolute Gasteiger partial charge is 0.434 e. The maximum atomic E-state index is 13.0. The fourth-order valence-electron chi connectivity index (χ4n) is 4.78. The highest BCUT2D eigenvalue weighted by Gasteiger charge is 2.20. The number of piperazine rings is 1. The lowest BCUT2D eigenvalue weighted by molar-refractivity contribution is -0.129. The first-order valence-electron chi connectivity index (χ1n) is 12.4.